The zero-order valence-electron chi connectivity index (χ0n) is 5.75. The lowest BCUT2D eigenvalue weighted by atomic mass is 10.1. The van der Waals surface area contributed by atoms with E-state index in [1.807, 2.05) is 24.3 Å². The molecule has 0 amide bonds. The molecular formula is C8H11NO. The maximum Gasteiger partial charge on any atom is 0.0681 e. The second-order valence-corrected chi connectivity index (χ2v) is 2.18. The Morgan fingerprint density at radius 3 is 2.60 bits per heavy atom. The average molecular weight is 137 g/mol. The van der Waals surface area contributed by atoms with Gasteiger partial charge in [-0.25, -0.2) is 0 Å². The summed E-state index contributed by atoms with van der Waals surface area (Å²) < 4.78 is 0. The fraction of sp³-hybridized carbons (Fsp3) is 0.250. The Hall–Kier alpha value is -0.860. The number of hydrogen-bond donors (Lipinski definition) is 2. The van der Waals surface area contributed by atoms with E-state index in [2.05, 4.69) is 0 Å². The first-order chi connectivity index (χ1) is 4.86. The smallest absolute Gasteiger partial charge is 0.0681 e. The fourth-order valence-corrected chi connectivity index (χ4v) is 0.855. The molecule has 0 unspecified atom stereocenters. The van der Waals surface area contributed by atoms with Crippen molar-refractivity contribution in [2.24, 2.45) is 5.73 Å². The van der Waals surface area contributed by atoms with Gasteiger partial charge in [0.15, 0.2) is 0 Å². The number of aliphatic hydroxyl groups excluding tert-OH is 1. The van der Waals surface area contributed by atoms with Crippen LogP contribution in [0.1, 0.15) is 11.1 Å². The third-order valence-electron chi connectivity index (χ3n) is 1.41. The van der Waals surface area contributed by atoms with Crippen molar-refractivity contribution in [3.8, 4) is 0 Å². The third-order valence-corrected chi connectivity index (χ3v) is 1.41. The molecule has 0 aliphatic heterocycles. The summed E-state index contributed by atoms with van der Waals surface area (Å²) in [6, 6.07) is 7.62. The summed E-state index contributed by atoms with van der Waals surface area (Å²) in [6.45, 7) is 0.627. The first-order valence-electron chi connectivity index (χ1n) is 3.25. The van der Waals surface area contributed by atoms with Gasteiger partial charge in [-0.15, -0.1) is 0 Å². The largest absolute Gasteiger partial charge is 0.392 e. The van der Waals surface area contributed by atoms with Crippen LogP contribution in [0.25, 0.3) is 0 Å². The Labute approximate surface area is 60.3 Å². The highest BCUT2D eigenvalue weighted by molar-refractivity contribution is 5.22. The lowest BCUT2D eigenvalue weighted by Crippen LogP contribution is -1.96. The molecule has 1 aromatic carbocycles. The maximum atomic E-state index is 8.72. The predicted octanol–water partition coefficient (Wildman–Crippen LogP) is 0.638. The van der Waals surface area contributed by atoms with Crippen LogP contribution >= 0.6 is 0 Å². The van der Waals surface area contributed by atoms with Crippen LogP contribution in [-0.2, 0) is 13.2 Å². The number of nitrogens with two attached hydrogens (primary N) is 1. The molecule has 0 radical (unpaired) electrons. The molecule has 0 spiro atoms. The molecule has 0 fully saturated rings. The van der Waals surface area contributed by atoms with Crippen molar-refractivity contribution in [3.05, 3.63) is 35.4 Å². The Balaban J connectivity index is 2.87. The summed E-state index contributed by atoms with van der Waals surface area (Å²) in [5.74, 6) is 0. The first-order valence-corrected chi connectivity index (χ1v) is 3.25. The van der Waals surface area contributed by atoms with E-state index in [1.165, 1.54) is 0 Å². The molecule has 3 N–H and O–H groups in total. The molecule has 0 heterocycles. The molecule has 0 saturated heterocycles. The number of hydrogen-bond acceptors (Lipinski definition) is 2. The molecule has 1 aromatic rings. The van der Waals surface area contributed by atoms with E-state index in [4.69, 9.17) is 10.8 Å². The van der Waals surface area contributed by atoms with Crippen LogP contribution in [0.5, 0.6) is 0 Å². The van der Waals surface area contributed by atoms with Crippen LogP contribution in [0.15, 0.2) is 24.3 Å². The van der Waals surface area contributed by atoms with Gasteiger partial charge in [0.05, 0.1) is 6.61 Å². The van der Waals surface area contributed by atoms with Crippen LogP contribution < -0.4 is 5.73 Å². The van der Waals surface area contributed by atoms with Crippen LogP contribution in [0.3, 0.4) is 0 Å². The molecule has 0 saturated carbocycles. The predicted molar refractivity (Wildman–Crippen MR) is 40.3 cm³/mol. The van der Waals surface area contributed by atoms with Crippen molar-refractivity contribution in [3.63, 3.8) is 0 Å². The highest BCUT2D eigenvalue weighted by Gasteiger charge is 1.90. The Kier molecular flexibility index (Phi) is 2.42. The molecule has 1 rings (SSSR count). The van der Waals surface area contributed by atoms with Gasteiger partial charge in [-0.1, -0.05) is 24.3 Å². The fourth-order valence-electron chi connectivity index (χ4n) is 0.855. The maximum absolute atomic E-state index is 8.72. The lowest BCUT2D eigenvalue weighted by molar-refractivity contribution is 0.281. The minimum absolute atomic E-state index is 0.0911. The standard InChI is InChI=1S/C8H11NO/c9-5-7-2-1-3-8(4-7)6-10/h1-4,10H,5-6,9H2. The molecule has 0 aliphatic carbocycles. The summed E-state index contributed by atoms with van der Waals surface area (Å²) in [4.78, 5) is 0. The molecule has 2 nitrogen and oxygen atoms in total. The normalized spacial score (nSPS) is 9.80. The van der Waals surface area contributed by atoms with E-state index in [9.17, 15) is 0 Å². The number of benzene rings is 1. The molecule has 0 aliphatic rings. The van der Waals surface area contributed by atoms with Crippen LogP contribution in [0.4, 0.5) is 0 Å². The van der Waals surface area contributed by atoms with Gasteiger partial charge in [-0.2, -0.15) is 0 Å². The summed E-state index contributed by atoms with van der Waals surface area (Å²) >= 11 is 0. The van der Waals surface area contributed by atoms with E-state index in [-0.39, 0.29) is 6.61 Å². The average Bonchev–Trinajstić information content (AvgIpc) is 2.05. The molecule has 2 heteroatoms. The monoisotopic (exact) mass is 137 g/mol. The second kappa shape index (κ2) is 3.34. The Morgan fingerprint density at radius 2 is 2.00 bits per heavy atom. The van der Waals surface area contributed by atoms with E-state index < -0.39 is 0 Å². The summed E-state index contributed by atoms with van der Waals surface area (Å²) in [6.07, 6.45) is 0. The number of aliphatic hydroxyl groups is 1. The van der Waals surface area contributed by atoms with Crippen molar-refractivity contribution in [1.29, 1.82) is 0 Å². The lowest BCUT2D eigenvalue weighted by Gasteiger charge is -1.98. The van der Waals surface area contributed by atoms with Gasteiger partial charge in [-0.3, -0.25) is 0 Å². The molecule has 0 bridgehead atoms. The van der Waals surface area contributed by atoms with Gasteiger partial charge in [0.2, 0.25) is 0 Å². The van der Waals surface area contributed by atoms with E-state index in [0.717, 1.165) is 11.1 Å². The molecule has 54 valence electrons. The van der Waals surface area contributed by atoms with Crippen LogP contribution in [0.2, 0.25) is 0 Å². The zero-order valence-corrected chi connectivity index (χ0v) is 5.75. The van der Waals surface area contributed by atoms with Crippen LogP contribution in [0, 0.1) is 0 Å². The second-order valence-electron chi connectivity index (χ2n) is 2.18. The molecular weight excluding hydrogens is 126 g/mol. The SMILES string of the molecule is NCc1cccc(CO)c1. The van der Waals surface area contributed by atoms with Crippen molar-refractivity contribution in [2.45, 2.75) is 13.2 Å². The number of rotatable bonds is 2. The van der Waals surface area contributed by atoms with Gasteiger partial charge in [0, 0.05) is 6.54 Å². The Bertz CT molecular complexity index is 191. The summed E-state index contributed by atoms with van der Waals surface area (Å²) in [7, 11) is 0. The van der Waals surface area contributed by atoms with Gasteiger partial charge < -0.3 is 10.8 Å². The summed E-state index contributed by atoms with van der Waals surface area (Å²) in [5.41, 5.74) is 7.37. The highest BCUT2D eigenvalue weighted by Crippen LogP contribution is 2.03. The zero-order chi connectivity index (χ0) is 7.40. The van der Waals surface area contributed by atoms with Gasteiger partial charge in [0.1, 0.15) is 0 Å². The highest BCUT2D eigenvalue weighted by atomic mass is 16.3. The van der Waals surface area contributed by atoms with Crippen molar-refractivity contribution in [2.75, 3.05) is 0 Å². The molecule has 0 atom stereocenters. The third kappa shape index (κ3) is 1.56. The Morgan fingerprint density at radius 1 is 1.30 bits per heavy atom. The molecule has 0 aromatic heterocycles. The van der Waals surface area contributed by atoms with E-state index >= 15 is 0 Å². The topological polar surface area (TPSA) is 46.2 Å². The van der Waals surface area contributed by atoms with Crippen molar-refractivity contribution < 1.29 is 5.11 Å². The molecule has 10 heavy (non-hydrogen) atoms. The van der Waals surface area contributed by atoms with Gasteiger partial charge in [0.25, 0.3) is 0 Å². The van der Waals surface area contributed by atoms with Crippen molar-refractivity contribution >= 4 is 0 Å². The van der Waals surface area contributed by atoms with Gasteiger partial charge >= 0.3 is 0 Å². The summed E-state index contributed by atoms with van der Waals surface area (Å²) in [5, 5.41) is 8.72. The van der Waals surface area contributed by atoms with Crippen molar-refractivity contribution in [1.82, 2.24) is 0 Å². The van der Waals surface area contributed by atoms with Gasteiger partial charge in [-0.05, 0) is 11.1 Å². The quantitative estimate of drug-likeness (QED) is 0.628. The van der Waals surface area contributed by atoms with E-state index in [0.29, 0.717) is 6.54 Å². The minimum Gasteiger partial charge on any atom is -0.392 e. The minimum atomic E-state index is 0.0911. The first kappa shape index (κ1) is 7.25. The van der Waals surface area contributed by atoms with E-state index in [1.54, 1.807) is 0 Å². The van der Waals surface area contributed by atoms with Crippen LogP contribution in [-0.4, -0.2) is 5.11 Å².